The number of alkyl halides is 1. The third kappa shape index (κ3) is 3.24. The maximum absolute atomic E-state index is 6.81. The van der Waals surface area contributed by atoms with E-state index in [1.54, 1.807) is 7.11 Å². The minimum atomic E-state index is 0.106. The van der Waals surface area contributed by atoms with Gasteiger partial charge >= 0.3 is 0 Å². The summed E-state index contributed by atoms with van der Waals surface area (Å²) < 4.78 is 5.32. The van der Waals surface area contributed by atoms with Gasteiger partial charge in [-0.3, -0.25) is 0 Å². The van der Waals surface area contributed by atoms with Crippen LogP contribution >= 0.6 is 11.6 Å². The summed E-state index contributed by atoms with van der Waals surface area (Å²) in [5, 5.41) is 0.106. The summed E-state index contributed by atoms with van der Waals surface area (Å²) in [5.74, 6) is 1.41. The highest BCUT2D eigenvalue weighted by atomic mass is 35.5. The van der Waals surface area contributed by atoms with E-state index in [0.717, 1.165) is 18.6 Å². The van der Waals surface area contributed by atoms with Gasteiger partial charge in [-0.15, -0.1) is 11.6 Å². The molecule has 2 aromatic carbocycles. The molecule has 110 valence electrons. The summed E-state index contributed by atoms with van der Waals surface area (Å²) >= 11 is 6.81. The summed E-state index contributed by atoms with van der Waals surface area (Å²) in [5.41, 5.74) is 4.06. The van der Waals surface area contributed by atoms with E-state index in [0.29, 0.717) is 5.92 Å². The van der Waals surface area contributed by atoms with E-state index in [4.69, 9.17) is 16.3 Å². The van der Waals surface area contributed by atoms with Crippen LogP contribution in [0.2, 0.25) is 0 Å². The third-order valence-corrected chi connectivity index (χ3v) is 5.01. The van der Waals surface area contributed by atoms with Gasteiger partial charge in [0.15, 0.2) is 0 Å². The highest BCUT2D eigenvalue weighted by Crippen LogP contribution is 2.39. The number of halogens is 1. The second-order valence-electron chi connectivity index (χ2n) is 5.81. The van der Waals surface area contributed by atoms with Gasteiger partial charge in [-0.1, -0.05) is 36.4 Å². The summed E-state index contributed by atoms with van der Waals surface area (Å²) in [6.07, 6.45) is 4.56. The standard InChI is InChI=1S/C19H21ClO/c1-21-17-10-4-6-14(13-17)12-16-9-5-8-15-7-2-3-11-18(15)19(16)20/h2-4,6-7,10-11,13,16,19H,5,8-9,12H2,1H3. The van der Waals surface area contributed by atoms with E-state index >= 15 is 0 Å². The van der Waals surface area contributed by atoms with E-state index < -0.39 is 0 Å². The molecular formula is C19H21ClO. The summed E-state index contributed by atoms with van der Waals surface area (Å²) in [4.78, 5) is 0. The number of benzene rings is 2. The lowest BCUT2D eigenvalue weighted by molar-refractivity contribution is 0.412. The van der Waals surface area contributed by atoms with E-state index in [9.17, 15) is 0 Å². The van der Waals surface area contributed by atoms with Gasteiger partial charge < -0.3 is 4.74 Å². The number of methoxy groups -OCH3 is 1. The second kappa shape index (κ2) is 6.53. The molecule has 3 rings (SSSR count). The summed E-state index contributed by atoms with van der Waals surface area (Å²) in [6.45, 7) is 0. The van der Waals surface area contributed by atoms with Crippen molar-refractivity contribution in [1.82, 2.24) is 0 Å². The minimum Gasteiger partial charge on any atom is -0.497 e. The minimum absolute atomic E-state index is 0.106. The number of aryl methyl sites for hydroxylation is 1. The normalized spacial score (nSPS) is 21.4. The first-order valence-electron chi connectivity index (χ1n) is 7.62. The maximum Gasteiger partial charge on any atom is 0.119 e. The quantitative estimate of drug-likeness (QED) is 0.561. The highest BCUT2D eigenvalue weighted by Gasteiger charge is 2.26. The Morgan fingerprint density at radius 2 is 2.00 bits per heavy atom. The Kier molecular flexibility index (Phi) is 4.50. The van der Waals surface area contributed by atoms with Gasteiger partial charge in [0.1, 0.15) is 5.75 Å². The first-order valence-corrected chi connectivity index (χ1v) is 8.06. The molecule has 2 heteroatoms. The number of fused-ring (bicyclic) bond motifs is 1. The summed E-state index contributed by atoms with van der Waals surface area (Å²) in [7, 11) is 1.71. The second-order valence-corrected chi connectivity index (χ2v) is 6.28. The molecule has 0 saturated heterocycles. The van der Waals surface area contributed by atoms with Crippen molar-refractivity contribution in [2.75, 3.05) is 7.11 Å². The van der Waals surface area contributed by atoms with Crippen molar-refractivity contribution >= 4 is 11.6 Å². The molecule has 21 heavy (non-hydrogen) atoms. The van der Waals surface area contributed by atoms with Crippen molar-refractivity contribution in [3.05, 3.63) is 65.2 Å². The van der Waals surface area contributed by atoms with Crippen molar-refractivity contribution in [3.63, 3.8) is 0 Å². The predicted octanol–water partition coefficient (Wildman–Crippen LogP) is 5.17. The lowest BCUT2D eigenvalue weighted by atomic mass is 9.90. The van der Waals surface area contributed by atoms with E-state index in [1.165, 1.54) is 29.5 Å². The maximum atomic E-state index is 6.81. The van der Waals surface area contributed by atoms with Crippen molar-refractivity contribution in [2.24, 2.45) is 5.92 Å². The van der Waals surface area contributed by atoms with Crippen LogP contribution in [0.15, 0.2) is 48.5 Å². The van der Waals surface area contributed by atoms with Gasteiger partial charge in [0.2, 0.25) is 0 Å². The predicted molar refractivity (Wildman–Crippen MR) is 88.2 cm³/mol. The smallest absolute Gasteiger partial charge is 0.119 e. The van der Waals surface area contributed by atoms with Crippen molar-refractivity contribution in [2.45, 2.75) is 31.1 Å². The Bertz CT molecular complexity index is 608. The van der Waals surface area contributed by atoms with Crippen LogP contribution in [0, 0.1) is 5.92 Å². The molecule has 1 nitrogen and oxygen atoms in total. The number of ether oxygens (including phenoxy) is 1. The van der Waals surface area contributed by atoms with Gasteiger partial charge in [0.05, 0.1) is 12.5 Å². The molecule has 0 fully saturated rings. The average Bonchev–Trinajstić information content (AvgIpc) is 2.68. The first kappa shape index (κ1) is 14.5. The summed E-state index contributed by atoms with van der Waals surface area (Å²) in [6, 6.07) is 17.0. The Balaban J connectivity index is 1.82. The molecule has 0 amide bonds. The lowest BCUT2D eigenvalue weighted by Gasteiger charge is -2.21. The number of hydrogen-bond donors (Lipinski definition) is 0. The zero-order valence-corrected chi connectivity index (χ0v) is 13.1. The van der Waals surface area contributed by atoms with Crippen molar-refractivity contribution in [1.29, 1.82) is 0 Å². The molecule has 1 aliphatic rings. The third-order valence-electron chi connectivity index (χ3n) is 4.42. The van der Waals surface area contributed by atoms with Crippen LogP contribution in [-0.4, -0.2) is 7.11 Å². The van der Waals surface area contributed by atoms with Gasteiger partial charge in [0, 0.05) is 0 Å². The van der Waals surface area contributed by atoms with Crippen LogP contribution in [0.3, 0.4) is 0 Å². The average molecular weight is 301 g/mol. The lowest BCUT2D eigenvalue weighted by Crippen LogP contribution is -2.10. The van der Waals surface area contributed by atoms with Crippen LogP contribution in [0.5, 0.6) is 5.75 Å². The molecule has 0 spiro atoms. The van der Waals surface area contributed by atoms with Gasteiger partial charge in [0.25, 0.3) is 0 Å². The Morgan fingerprint density at radius 1 is 1.14 bits per heavy atom. The molecule has 0 N–H and O–H groups in total. The molecule has 0 aromatic heterocycles. The van der Waals surface area contributed by atoms with Crippen LogP contribution in [0.1, 0.15) is 34.9 Å². The molecule has 0 bridgehead atoms. The molecule has 0 radical (unpaired) electrons. The molecule has 2 aromatic rings. The van der Waals surface area contributed by atoms with E-state index in [-0.39, 0.29) is 5.38 Å². The zero-order chi connectivity index (χ0) is 14.7. The largest absolute Gasteiger partial charge is 0.497 e. The Labute approximate surface area is 131 Å². The Morgan fingerprint density at radius 3 is 2.86 bits per heavy atom. The fourth-order valence-electron chi connectivity index (χ4n) is 3.29. The zero-order valence-electron chi connectivity index (χ0n) is 12.4. The van der Waals surface area contributed by atoms with Gasteiger partial charge in [-0.2, -0.15) is 0 Å². The van der Waals surface area contributed by atoms with Crippen molar-refractivity contribution in [3.8, 4) is 5.75 Å². The molecule has 0 heterocycles. The van der Waals surface area contributed by atoms with Crippen molar-refractivity contribution < 1.29 is 4.74 Å². The first-order chi connectivity index (χ1) is 10.3. The van der Waals surface area contributed by atoms with Crippen LogP contribution in [-0.2, 0) is 12.8 Å². The SMILES string of the molecule is COc1cccc(CC2CCCc3ccccc3C2Cl)c1. The number of rotatable bonds is 3. The Hall–Kier alpha value is -1.47. The molecule has 1 aliphatic carbocycles. The molecule has 2 atom stereocenters. The molecule has 0 saturated carbocycles. The highest BCUT2D eigenvalue weighted by molar-refractivity contribution is 6.21. The monoisotopic (exact) mass is 300 g/mol. The van der Waals surface area contributed by atoms with Crippen LogP contribution < -0.4 is 4.74 Å². The van der Waals surface area contributed by atoms with Gasteiger partial charge in [-0.25, -0.2) is 0 Å². The number of hydrogen-bond acceptors (Lipinski definition) is 1. The fraction of sp³-hybridized carbons (Fsp3) is 0.368. The van der Waals surface area contributed by atoms with Crippen LogP contribution in [0.25, 0.3) is 0 Å². The molecule has 2 unspecified atom stereocenters. The van der Waals surface area contributed by atoms with Gasteiger partial charge in [-0.05, 0) is 60.4 Å². The topological polar surface area (TPSA) is 9.23 Å². The molecular weight excluding hydrogens is 280 g/mol. The van der Waals surface area contributed by atoms with Crippen LogP contribution in [0.4, 0.5) is 0 Å². The van der Waals surface area contributed by atoms with E-state index in [2.05, 4.69) is 42.5 Å². The fourth-order valence-corrected chi connectivity index (χ4v) is 3.72. The van der Waals surface area contributed by atoms with E-state index in [1.807, 2.05) is 6.07 Å². The molecule has 0 aliphatic heterocycles.